The Morgan fingerprint density at radius 3 is 1.19 bits per heavy atom. The minimum atomic E-state index is 1.62. The molecule has 0 amide bonds. The predicted octanol–water partition coefficient (Wildman–Crippen LogP) is 2.92. The molecule has 0 atom stereocenters. The van der Waals surface area contributed by atoms with Gasteiger partial charge in [-0.25, -0.2) is 4.98 Å². The average Bonchev–Trinajstić information content (AvgIpc) is 3.38. The second-order valence-electron chi connectivity index (χ2n) is 3.45. The number of hydrogen-bond donors (Lipinski definition) is 3. The summed E-state index contributed by atoms with van der Waals surface area (Å²) in [6.45, 7) is 0. The Bertz CT molecular complexity index is 417. The molecule has 0 spiro atoms. The molecule has 0 saturated heterocycles. The first kappa shape index (κ1) is 15.9. The minimum absolute atomic E-state index is 1.62. The zero-order valence-corrected chi connectivity index (χ0v) is 11.5. The number of imidazole rings is 1. The third-order valence-corrected chi connectivity index (χ3v) is 1.88. The van der Waals surface area contributed by atoms with Gasteiger partial charge in [-0.05, 0) is 12.1 Å². The van der Waals surface area contributed by atoms with Crippen molar-refractivity contribution in [2.75, 3.05) is 0 Å². The Hall–Kier alpha value is -3.15. The first-order chi connectivity index (χ1) is 10.5. The largest absolute Gasteiger partial charge is 0.351 e. The van der Waals surface area contributed by atoms with Crippen LogP contribution in [0, 0.1) is 0 Å². The average molecular weight is 282 g/mol. The fraction of sp³-hybridized carbons (Fsp3) is 0. The van der Waals surface area contributed by atoms with Gasteiger partial charge in [0.2, 0.25) is 0 Å². The van der Waals surface area contributed by atoms with Crippen LogP contribution in [-0.4, -0.2) is 30.4 Å². The molecule has 6 heteroatoms. The molecule has 4 rings (SSSR count). The smallest absolute Gasteiger partial charge is 0.0919 e. The van der Waals surface area contributed by atoms with E-state index in [-0.39, 0.29) is 0 Å². The third kappa shape index (κ3) is 11.7. The summed E-state index contributed by atoms with van der Waals surface area (Å²) in [4.78, 5) is 6.42. The highest BCUT2D eigenvalue weighted by atomic mass is 15.1. The number of nitrogens with zero attached hydrogens (tertiary/aromatic N) is 3. The van der Waals surface area contributed by atoms with Gasteiger partial charge in [-0.1, -0.05) is 36.4 Å². The topological polar surface area (TPSA) is 86.0 Å². The highest BCUT2D eigenvalue weighted by molar-refractivity contribution is 4.99. The summed E-state index contributed by atoms with van der Waals surface area (Å²) in [5.41, 5.74) is 0. The summed E-state index contributed by atoms with van der Waals surface area (Å²) < 4.78 is 0. The molecular weight excluding hydrogens is 264 g/mol. The van der Waals surface area contributed by atoms with Gasteiger partial charge >= 0.3 is 0 Å². The first-order valence-corrected chi connectivity index (χ1v) is 6.30. The van der Waals surface area contributed by atoms with E-state index in [1.807, 2.05) is 48.5 Å². The van der Waals surface area contributed by atoms with Crippen LogP contribution in [0.3, 0.4) is 0 Å². The zero-order chi connectivity index (χ0) is 14.8. The molecule has 0 saturated carbocycles. The van der Waals surface area contributed by atoms with Gasteiger partial charge in [-0.3, -0.25) is 10.2 Å². The van der Waals surface area contributed by atoms with Gasteiger partial charge in [0.05, 0.1) is 6.33 Å². The van der Waals surface area contributed by atoms with Gasteiger partial charge in [-0.15, -0.1) is 0 Å². The van der Waals surface area contributed by atoms with Crippen LogP contribution in [0.1, 0.15) is 0 Å². The molecule has 6 nitrogen and oxygen atoms in total. The molecule has 1 aromatic carbocycles. The van der Waals surface area contributed by atoms with Crippen molar-refractivity contribution in [3.8, 4) is 0 Å². The van der Waals surface area contributed by atoms with E-state index in [9.17, 15) is 0 Å². The Kier molecular flexibility index (Phi) is 10.1. The molecule has 4 aromatic rings. The van der Waals surface area contributed by atoms with Crippen molar-refractivity contribution in [2.45, 2.75) is 0 Å². The van der Waals surface area contributed by atoms with Crippen LogP contribution < -0.4 is 0 Å². The normalized spacial score (nSPS) is 8.00. The molecule has 108 valence electrons. The van der Waals surface area contributed by atoms with Gasteiger partial charge < -0.3 is 4.98 Å². The number of hydrogen-bond acceptors (Lipinski definition) is 3. The maximum atomic E-state index is 3.67. The molecule has 0 radical (unpaired) electrons. The number of benzene rings is 1. The van der Waals surface area contributed by atoms with Crippen LogP contribution in [0.15, 0.2) is 92.0 Å². The fourth-order valence-corrected chi connectivity index (χ4v) is 1.03. The lowest BCUT2D eigenvalue weighted by Gasteiger charge is -1.69. The second kappa shape index (κ2) is 13.3. The molecule has 0 fully saturated rings. The van der Waals surface area contributed by atoms with Crippen molar-refractivity contribution in [1.29, 1.82) is 0 Å². The lowest BCUT2D eigenvalue weighted by atomic mass is 10.4. The number of nitrogens with one attached hydrogen (secondary N) is 3. The van der Waals surface area contributed by atoms with E-state index >= 15 is 0 Å². The van der Waals surface area contributed by atoms with E-state index in [4.69, 9.17) is 0 Å². The number of rotatable bonds is 0. The van der Waals surface area contributed by atoms with Crippen molar-refractivity contribution in [3.63, 3.8) is 0 Å². The fourth-order valence-electron chi connectivity index (χ4n) is 1.03. The lowest BCUT2D eigenvalue weighted by Crippen LogP contribution is -1.53. The van der Waals surface area contributed by atoms with Crippen molar-refractivity contribution < 1.29 is 0 Å². The van der Waals surface area contributed by atoms with Crippen LogP contribution in [0.25, 0.3) is 0 Å². The summed E-state index contributed by atoms with van der Waals surface area (Å²) in [5, 5.41) is 12.4. The van der Waals surface area contributed by atoms with Crippen molar-refractivity contribution in [3.05, 3.63) is 92.0 Å². The van der Waals surface area contributed by atoms with E-state index in [0.29, 0.717) is 0 Å². The summed E-state index contributed by atoms with van der Waals surface area (Å²) >= 11 is 0. The molecule has 0 aliphatic rings. The Labute approximate surface area is 123 Å². The van der Waals surface area contributed by atoms with Gasteiger partial charge in [0, 0.05) is 37.2 Å². The first-order valence-electron chi connectivity index (χ1n) is 6.30. The second-order valence-corrected chi connectivity index (χ2v) is 3.45. The highest BCUT2D eigenvalue weighted by Gasteiger charge is 1.58. The highest BCUT2D eigenvalue weighted by Crippen LogP contribution is 1.79. The maximum absolute atomic E-state index is 3.67. The molecule has 0 bridgehead atoms. The monoisotopic (exact) mass is 282 g/mol. The maximum Gasteiger partial charge on any atom is 0.0919 e. The number of aromatic nitrogens is 6. The molecule has 3 aromatic heterocycles. The number of aromatic amines is 3. The van der Waals surface area contributed by atoms with Crippen molar-refractivity contribution >= 4 is 0 Å². The SMILES string of the molecule is c1c[nH]cn1.c1ccccc1.c1cn[nH]c1.c1cn[nH]c1. The standard InChI is InChI=1S/C6H6.3C3H4N2/c1-2-4-6-5-3-1;1-2-5-3-4-1;2*1-2-4-5-3-1/h1-6H;3*1-3H,(H,4,5). The van der Waals surface area contributed by atoms with Crippen LogP contribution >= 0.6 is 0 Å². The van der Waals surface area contributed by atoms with E-state index in [1.165, 1.54) is 0 Å². The zero-order valence-electron chi connectivity index (χ0n) is 11.5. The van der Waals surface area contributed by atoms with Crippen molar-refractivity contribution in [2.24, 2.45) is 0 Å². The minimum Gasteiger partial charge on any atom is -0.351 e. The van der Waals surface area contributed by atoms with E-state index < -0.39 is 0 Å². The molecule has 3 heterocycles. The lowest BCUT2D eigenvalue weighted by molar-refractivity contribution is 1.09. The van der Waals surface area contributed by atoms with Gasteiger partial charge in [0.25, 0.3) is 0 Å². The number of H-pyrrole nitrogens is 3. The summed E-state index contributed by atoms with van der Waals surface area (Å²) in [5.74, 6) is 0. The predicted molar refractivity (Wildman–Crippen MR) is 82.2 cm³/mol. The Morgan fingerprint density at radius 1 is 0.524 bits per heavy atom. The molecule has 0 aliphatic carbocycles. The van der Waals surface area contributed by atoms with E-state index in [2.05, 4.69) is 30.4 Å². The molecule has 0 unspecified atom stereocenters. The molecule has 21 heavy (non-hydrogen) atoms. The Balaban J connectivity index is 0.000000140. The van der Waals surface area contributed by atoms with Gasteiger partial charge in [0.15, 0.2) is 0 Å². The quantitative estimate of drug-likeness (QED) is 0.463. The molecular formula is C15H18N6. The summed E-state index contributed by atoms with van der Waals surface area (Å²) in [6.07, 6.45) is 12.0. The van der Waals surface area contributed by atoms with Gasteiger partial charge in [0.1, 0.15) is 0 Å². The third-order valence-electron chi connectivity index (χ3n) is 1.88. The van der Waals surface area contributed by atoms with Crippen LogP contribution in [0.4, 0.5) is 0 Å². The summed E-state index contributed by atoms with van der Waals surface area (Å²) in [6, 6.07) is 15.7. The van der Waals surface area contributed by atoms with Crippen LogP contribution in [0.5, 0.6) is 0 Å². The summed E-state index contributed by atoms with van der Waals surface area (Å²) in [7, 11) is 0. The van der Waals surface area contributed by atoms with E-state index in [1.54, 1.807) is 43.5 Å². The van der Waals surface area contributed by atoms with Gasteiger partial charge in [-0.2, -0.15) is 10.2 Å². The molecule has 0 aliphatic heterocycles. The molecule has 3 N–H and O–H groups in total. The van der Waals surface area contributed by atoms with Crippen molar-refractivity contribution in [1.82, 2.24) is 30.4 Å². The van der Waals surface area contributed by atoms with Crippen LogP contribution in [0.2, 0.25) is 0 Å². The Morgan fingerprint density at radius 2 is 1.05 bits per heavy atom. The van der Waals surface area contributed by atoms with E-state index in [0.717, 1.165) is 0 Å². The van der Waals surface area contributed by atoms with Crippen LogP contribution in [-0.2, 0) is 0 Å².